The molecule has 0 bridgehead atoms. The number of nitrogens with one attached hydrogen (secondary N) is 2. The standard InChI is InChI=1S/C13H19ClN4O2/c1-7(2)5-17-12(19)8(3)18-13(20)9-4-11(15)16-6-10(9)14/h4,6-8H,5H2,1-3H3,(H2,15,16)(H,17,19)(H,18,20). The Morgan fingerprint density at radius 3 is 2.65 bits per heavy atom. The molecule has 0 aliphatic carbocycles. The SMILES string of the molecule is CC(C)CNC(=O)C(C)NC(=O)c1cc(N)ncc1Cl. The van der Waals surface area contributed by atoms with Gasteiger partial charge in [0.2, 0.25) is 5.91 Å². The second-order valence-corrected chi connectivity index (χ2v) is 5.33. The third-order valence-electron chi connectivity index (χ3n) is 2.55. The molecule has 1 aromatic heterocycles. The summed E-state index contributed by atoms with van der Waals surface area (Å²) in [6.45, 7) is 6.14. The summed E-state index contributed by atoms with van der Waals surface area (Å²) in [5, 5.41) is 5.50. The van der Waals surface area contributed by atoms with Crippen LogP contribution in [0.3, 0.4) is 0 Å². The highest BCUT2D eigenvalue weighted by Crippen LogP contribution is 2.16. The first-order valence-electron chi connectivity index (χ1n) is 6.30. The van der Waals surface area contributed by atoms with Gasteiger partial charge in [0.05, 0.1) is 10.6 Å². The number of carbonyl (C=O) groups excluding carboxylic acids is 2. The molecule has 0 saturated carbocycles. The molecular formula is C13H19ClN4O2. The van der Waals surface area contributed by atoms with E-state index < -0.39 is 11.9 Å². The number of halogens is 1. The van der Waals surface area contributed by atoms with Crippen molar-refractivity contribution in [2.75, 3.05) is 12.3 Å². The quantitative estimate of drug-likeness (QED) is 0.761. The molecule has 1 unspecified atom stereocenters. The lowest BCUT2D eigenvalue weighted by molar-refractivity contribution is -0.122. The van der Waals surface area contributed by atoms with Crippen LogP contribution in [-0.4, -0.2) is 29.4 Å². The molecule has 2 amide bonds. The van der Waals surface area contributed by atoms with Crippen LogP contribution in [0.15, 0.2) is 12.3 Å². The van der Waals surface area contributed by atoms with E-state index in [1.807, 2.05) is 13.8 Å². The van der Waals surface area contributed by atoms with Crippen molar-refractivity contribution in [2.24, 2.45) is 5.92 Å². The van der Waals surface area contributed by atoms with Crippen LogP contribution in [0.4, 0.5) is 5.82 Å². The lowest BCUT2D eigenvalue weighted by atomic mass is 10.2. The fraction of sp³-hybridized carbons (Fsp3) is 0.462. The summed E-state index contributed by atoms with van der Waals surface area (Å²) in [7, 11) is 0. The van der Waals surface area contributed by atoms with Gasteiger partial charge in [-0.05, 0) is 18.9 Å². The molecule has 6 nitrogen and oxygen atoms in total. The third-order valence-corrected chi connectivity index (χ3v) is 2.85. The predicted molar refractivity (Wildman–Crippen MR) is 78.4 cm³/mol. The van der Waals surface area contributed by atoms with Gasteiger partial charge in [-0.2, -0.15) is 0 Å². The molecule has 1 aromatic rings. The Kier molecular flexibility index (Phi) is 5.76. The van der Waals surface area contributed by atoms with E-state index >= 15 is 0 Å². The average molecular weight is 299 g/mol. The summed E-state index contributed by atoms with van der Waals surface area (Å²) < 4.78 is 0. The van der Waals surface area contributed by atoms with Crippen LogP contribution < -0.4 is 16.4 Å². The monoisotopic (exact) mass is 298 g/mol. The Hall–Kier alpha value is -1.82. The maximum Gasteiger partial charge on any atom is 0.253 e. The Morgan fingerprint density at radius 2 is 2.05 bits per heavy atom. The molecule has 0 radical (unpaired) electrons. The first-order chi connectivity index (χ1) is 9.31. The molecule has 4 N–H and O–H groups in total. The van der Waals surface area contributed by atoms with E-state index in [2.05, 4.69) is 15.6 Å². The Balaban J connectivity index is 2.65. The topological polar surface area (TPSA) is 97.1 Å². The maximum atomic E-state index is 12.0. The highest BCUT2D eigenvalue weighted by molar-refractivity contribution is 6.33. The fourth-order valence-corrected chi connectivity index (χ4v) is 1.62. The van der Waals surface area contributed by atoms with Crippen molar-refractivity contribution in [3.63, 3.8) is 0 Å². The predicted octanol–water partition coefficient (Wildman–Crippen LogP) is 1.21. The summed E-state index contributed by atoms with van der Waals surface area (Å²) >= 11 is 5.88. The van der Waals surface area contributed by atoms with E-state index in [4.69, 9.17) is 17.3 Å². The van der Waals surface area contributed by atoms with Crippen molar-refractivity contribution in [3.05, 3.63) is 22.8 Å². The second-order valence-electron chi connectivity index (χ2n) is 4.92. The van der Waals surface area contributed by atoms with E-state index in [0.29, 0.717) is 12.5 Å². The molecule has 7 heteroatoms. The number of pyridine rings is 1. The molecule has 110 valence electrons. The number of hydrogen-bond acceptors (Lipinski definition) is 4. The van der Waals surface area contributed by atoms with Crippen LogP contribution in [0.1, 0.15) is 31.1 Å². The molecule has 0 aliphatic rings. The third kappa shape index (κ3) is 4.70. The molecule has 0 saturated heterocycles. The van der Waals surface area contributed by atoms with Gasteiger partial charge in [0, 0.05) is 12.7 Å². The van der Waals surface area contributed by atoms with Crippen LogP contribution in [-0.2, 0) is 4.79 Å². The average Bonchev–Trinajstić information content (AvgIpc) is 2.38. The molecule has 0 fully saturated rings. The first-order valence-corrected chi connectivity index (χ1v) is 6.68. The minimum absolute atomic E-state index is 0.187. The summed E-state index contributed by atoms with van der Waals surface area (Å²) in [4.78, 5) is 27.6. The van der Waals surface area contributed by atoms with Crippen molar-refractivity contribution in [1.29, 1.82) is 0 Å². The summed E-state index contributed by atoms with van der Waals surface area (Å²) in [6.07, 6.45) is 1.30. The van der Waals surface area contributed by atoms with Crippen LogP contribution >= 0.6 is 11.6 Å². The number of carbonyl (C=O) groups is 2. The zero-order valence-electron chi connectivity index (χ0n) is 11.7. The Labute approximate surface area is 123 Å². The molecule has 0 aliphatic heterocycles. The smallest absolute Gasteiger partial charge is 0.253 e. The van der Waals surface area contributed by atoms with E-state index in [9.17, 15) is 9.59 Å². The van der Waals surface area contributed by atoms with E-state index in [-0.39, 0.29) is 22.3 Å². The van der Waals surface area contributed by atoms with Crippen LogP contribution in [0.5, 0.6) is 0 Å². The summed E-state index contributed by atoms with van der Waals surface area (Å²) in [6, 6.07) is 0.711. The van der Waals surface area contributed by atoms with Crippen LogP contribution in [0.2, 0.25) is 5.02 Å². The number of rotatable bonds is 5. The van der Waals surface area contributed by atoms with Gasteiger partial charge in [0.1, 0.15) is 11.9 Å². The zero-order chi connectivity index (χ0) is 15.3. The van der Waals surface area contributed by atoms with E-state index in [0.717, 1.165) is 0 Å². The normalized spacial score (nSPS) is 12.1. The molecule has 1 heterocycles. The van der Waals surface area contributed by atoms with Gasteiger partial charge in [-0.25, -0.2) is 4.98 Å². The first kappa shape index (κ1) is 16.2. The number of aromatic nitrogens is 1. The van der Waals surface area contributed by atoms with Gasteiger partial charge in [-0.15, -0.1) is 0 Å². The summed E-state index contributed by atoms with van der Waals surface area (Å²) in [5.41, 5.74) is 5.70. The zero-order valence-corrected chi connectivity index (χ0v) is 12.5. The maximum absolute atomic E-state index is 12.0. The van der Waals surface area contributed by atoms with Gasteiger partial charge in [0.25, 0.3) is 5.91 Å². The molecule has 0 spiro atoms. The van der Waals surface area contributed by atoms with Gasteiger partial charge in [-0.1, -0.05) is 25.4 Å². The lowest BCUT2D eigenvalue weighted by Gasteiger charge is -2.15. The molecule has 1 atom stereocenters. The number of nitrogens with two attached hydrogens (primary N) is 1. The van der Waals surface area contributed by atoms with Crippen molar-refractivity contribution < 1.29 is 9.59 Å². The number of amides is 2. The fourth-order valence-electron chi connectivity index (χ4n) is 1.43. The van der Waals surface area contributed by atoms with Crippen molar-refractivity contribution in [2.45, 2.75) is 26.8 Å². The van der Waals surface area contributed by atoms with Crippen molar-refractivity contribution >= 4 is 29.2 Å². The minimum Gasteiger partial charge on any atom is -0.384 e. The van der Waals surface area contributed by atoms with E-state index in [1.54, 1.807) is 6.92 Å². The molecular weight excluding hydrogens is 280 g/mol. The van der Waals surface area contributed by atoms with Gasteiger partial charge >= 0.3 is 0 Å². The molecule has 20 heavy (non-hydrogen) atoms. The lowest BCUT2D eigenvalue weighted by Crippen LogP contribution is -2.45. The number of hydrogen-bond donors (Lipinski definition) is 3. The highest BCUT2D eigenvalue weighted by Gasteiger charge is 2.18. The largest absolute Gasteiger partial charge is 0.384 e. The molecule has 1 rings (SSSR count). The van der Waals surface area contributed by atoms with Gasteiger partial charge in [0.15, 0.2) is 0 Å². The van der Waals surface area contributed by atoms with Crippen LogP contribution in [0, 0.1) is 5.92 Å². The number of anilines is 1. The highest BCUT2D eigenvalue weighted by atomic mass is 35.5. The van der Waals surface area contributed by atoms with Gasteiger partial charge in [-0.3, -0.25) is 9.59 Å². The number of nitrogens with zero attached hydrogens (tertiary/aromatic N) is 1. The van der Waals surface area contributed by atoms with E-state index in [1.165, 1.54) is 12.3 Å². The summed E-state index contributed by atoms with van der Waals surface area (Å²) in [5.74, 6) is -0.172. The molecule has 0 aromatic carbocycles. The minimum atomic E-state index is -0.660. The van der Waals surface area contributed by atoms with Crippen LogP contribution in [0.25, 0.3) is 0 Å². The Morgan fingerprint density at radius 1 is 1.40 bits per heavy atom. The Bertz CT molecular complexity index is 505. The number of nitrogen functional groups attached to an aromatic ring is 1. The second kappa shape index (κ2) is 7.09. The van der Waals surface area contributed by atoms with Crippen molar-refractivity contribution in [3.8, 4) is 0 Å². The van der Waals surface area contributed by atoms with Gasteiger partial charge < -0.3 is 16.4 Å². The van der Waals surface area contributed by atoms with Crippen molar-refractivity contribution in [1.82, 2.24) is 15.6 Å².